The van der Waals surface area contributed by atoms with Gasteiger partial charge in [0, 0.05) is 5.54 Å². The lowest BCUT2D eigenvalue weighted by Gasteiger charge is -2.40. The van der Waals surface area contributed by atoms with Gasteiger partial charge < -0.3 is 5.32 Å². The number of hydrogen-bond acceptors (Lipinski definition) is 3. The van der Waals surface area contributed by atoms with E-state index >= 15 is 0 Å². The summed E-state index contributed by atoms with van der Waals surface area (Å²) < 4.78 is 1.52. The van der Waals surface area contributed by atoms with Gasteiger partial charge in [0.25, 0.3) is 5.91 Å². The van der Waals surface area contributed by atoms with Crippen molar-refractivity contribution < 1.29 is 4.79 Å². The molecule has 1 aliphatic rings. The zero-order valence-electron chi connectivity index (χ0n) is 12.5. The first-order valence-corrected chi connectivity index (χ1v) is 7.59. The van der Waals surface area contributed by atoms with E-state index in [4.69, 9.17) is 11.6 Å². The Morgan fingerprint density at radius 1 is 1.48 bits per heavy atom. The molecule has 0 aromatic carbocycles. The maximum atomic E-state index is 12.5. The Labute approximate surface area is 128 Å². The normalized spacial score (nSPS) is 16.0. The zero-order chi connectivity index (χ0) is 15.2. The van der Waals surface area contributed by atoms with Crippen molar-refractivity contribution in [1.82, 2.24) is 19.9 Å². The number of amides is 1. The molecule has 0 spiro atoms. The van der Waals surface area contributed by atoms with E-state index in [1.165, 1.54) is 23.8 Å². The van der Waals surface area contributed by atoms with Gasteiger partial charge >= 0.3 is 0 Å². The molecule has 1 fully saturated rings. The summed E-state index contributed by atoms with van der Waals surface area (Å²) in [5.74, 6) is 0.382. The smallest absolute Gasteiger partial charge is 0.272 e. The molecule has 21 heavy (non-hydrogen) atoms. The molecular formula is C15H19ClN4O. The highest BCUT2D eigenvalue weighted by Gasteiger charge is 2.35. The first-order chi connectivity index (χ1) is 9.88. The summed E-state index contributed by atoms with van der Waals surface area (Å²) in [4.78, 5) is 16.8. The van der Waals surface area contributed by atoms with Crippen LogP contribution in [0.1, 0.15) is 49.2 Å². The number of imidazole rings is 1. The van der Waals surface area contributed by atoms with Crippen LogP contribution in [0.2, 0.25) is 5.15 Å². The minimum absolute atomic E-state index is 0.159. The lowest BCUT2D eigenvalue weighted by atomic mass is 9.72. The summed E-state index contributed by atoms with van der Waals surface area (Å²) in [7, 11) is 0. The van der Waals surface area contributed by atoms with Crippen LogP contribution in [-0.2, 0) is 0 Å². The van der Waals surface area contributed by atoms with Gasteiger partial charge in [-0.25, -0.2) is 9.50 Å². The molecular weight excluding hydrogens is 288 g/mol. The van der Waals surface area contributed by atoms with E-state index in [2.05, 4.69) is 29.2 Å². The molecule has 2 aromatic rings. The largest absolute Gasteiger partial charge is 0.345 e. The van der Waals surface area contributed by atoms with Crippen molar-refractivity contribution in [3.63, 3.8) is 0 Å². The van der Waals surface area contributed by atoms with Gasteiger partial charge in [0.1, 0.15) is 5.15 Å². The van der Waals surface area contributed by atoms with Crippen LogP contribution < -0.4 is 5.32 Å². The SMILES string of the molecule is Cc1cc(Cl)nn2c(C(=O)NC(C)(C)C3CCC3)cnc12. The number of carbonyl (C=O) groups excluding carboxylic acids is 1. The standard InChI is InChI=1S/C15H19ClN4O/c1-9-7-12(16)19-20-11(8-17-13(9)20)14(21)18-15(2,3)10-5-4-6-10/h7-8,10H,4-6H2,1-3H3,(H,18,21). The Hall–Kier alpha value is -1.62. The second-order valence-electron chi connectivity index (χ2n) is 6.33. The molecule has 0 unspecified atom stereocenters. The molecule has 3 rings (SSSR count). The van der Waals surface area contributed by atoms with Crippen molar-refractivity contribution in [2.24, 2.45) is 5.92 Å². The van der Waals surface area contributed by atoms with Gasteiger partial charge in [-0.1, -0.05) is 18.0 Å². The van der Waals surface area contributed by atoms with Crippen molar-refractivity contribution in [2.75, 3.05) is 0 Å². The summed E-state index contributed by atoms with van der Waals surface area (Å²) in [5, 5.41) is 7.65. The number of aryl methyl sites for hydroxylation is 1. The van der Waals surface area contributed by atoms with Crippen molar-refractivity contribution in [3.05, 3.63) is 28.7 Å². The Kier molecular flexibility index (Phi) is 3.40. The maximum absolute atomic E-state index is 12.5. The van der Waals surface area contributed by atoms with Crippen LogP contribution in [0, 0.1) is 12.8 Å². The van der Waals surface area contributed by atoms with E-state index in [0.29, 0.717) is 22.4 Å². The predicted octanol–water partition coefficient (Wildman–Crippen LogP) is 3.00. The van der Waals surface area contributed by atoms with Crippen LogP contribution in [-0.4, -0.2) is 26.0 Å². The fraction of sp³-hybridized carbons (Fsp3) is 0.533. The monoisotopic (exact) mass is 306 g/mol. The second-order valence-corrected chi connectivity index (χ2v) is 6.72. The number of carbonyl (C=O) groups is 1. The van der Waals surface area contributed by atoms with Crippen molar-refractivity contribution >= 4 is 23.2 Å². The molecule has 2 aromatic heterocycles. The van der Waals surface area contributed by atoms with Crippen molar-refractivity contribution in [3.8, 4) is 0 Å². The fourth-order valence-corrected chi connectivity index (χ4v) is 3.07. The molecule has 1 amide bonds. The van der Waals surface area contributed by atoms with E-state index < -0.39 is 0 Å². The topological polar surface area (TPSA) is 59.3 Å². The third-order valence-electron chi connectivity index (χ3n) is 4.42. The number of nitrogens with zero attached hydrogens (tertiary/aromatic N) is 3. The predicted molar refractivity (Wildman–Crippen MR) is 81.6 cm³/mol. The third-order valence-corrected chi connectivity index (χ3v) is 4.60. The number of nitrogens with one attached hydrogen (secondary N) is 1. The number of halogens is 1. The highest BCUT2D eigenvalue weighted by molar-refractivity contribution is 6.29. The number of fused-ring (bicyclic) bond motifs is 1. The average molecular weight is 307 g/mol. The van der Waals surface area contributed by atoms with Gasteiger partial charge in [-0.15, -0.1) is 0 Å². The second kappa shape index (κ2) is 4.98. The van der Waals surface area contributed by atoms with Crippen LogP contribution in [0.15, 0.2) is 12.3 Å². The van der Waals surface area contributed by atoms with Crippen molar-refractivity contribution in [1.29, 1.82) is 0 Å². The molecule has 0 bridgehead atoms. The quantitative estimate of drug-likeness (QED) is 0.948. The van der Waals surface area contributed by atoms with E-state index in [-0.39, 0.29) is 11.4 Å². The van der Waals surface area contributed by atoms with E-state index in [1.54, 1.807) is 12.3 Å². The van der Waals surface area contributed by atoms with E-state index in [0.717, 1.165) is 5.56 Å². The summed E-state index contributed by atoms with van der Waals surface area (Å²) >= 11 is 5.98. The van der Waals surface area contributed by atoms with Crippen LogP contribution in [0.3, 0.4) is 0 Å². The Morgan fingerprint density at radius 2 is 2.19 bits per heavy atom. The van der Waals surface area contributed by atoms with Crippen LogP contribution >= 0.6 is 11.6 Å². The van der Waals surface area contributed by atoms with Gasteiger partial charge in [0.15, 0.2) is 11.3 Å². The first-order valence-electron chi connectivity index (χ1n) is 7.22. The Balaban J connectivity index is 1.91. The zero-order valence-corrected chi connectivity index (χ0v) is 13.2. The number of hydrogen-bond donors (Lipinski definition) is 1. The number of aromatic nitrogens is 3. The van der Waals surface area contributed by atoms with Gasteiger partial charge in [0.2, 0.25) is 0 Å². The number of rotatable bonds is 3. The minimum Gasteiger partial charge on any atom is -0.345 e. The van der Waals surface area contributed by atoms with Gasteiger partial charge in [0.05, 0.1) is 6.20 Å². The molecule has 0 aliphatic heterocycles. The van der Waals surface area contributed by atoms with Crippen LogP contribution in [0.4, 0.5) is 0 Å². The molecule has 112 valence electrons. The third kappa shape index (κ3) is 2.50. The van der Waals surface area contributed by atoms with E-state index in [9.17, 15) is 4.79 Å². The first kappa shape index (κ1) is 14.3. The van der Waals surface area contributed by atoms with Crippen LogP contribution in [0.25, 0.3) is 5.65 Å². The lowest BCUT2D eigenvalue weighted by molar-refractivity contribution is 0.0819. The molecule has 5 nitrogen and oxygen atoms in total. The maximum Gasteiger partial charge on any atom is 0.272 e. The molecule has 1 aliphatic carbocycles. The molecule has 2 heterocycles. The average Bonchev–Trinajstić information content (AvgIpc) is 2.68. The van der Waals surface area contributed by atoms with Crippen LogP contribution in [0.5, 0.6) is 0 Å². The Morgan fingerprint density at radius 3 is 2.81 bits per heavy atom. The molecule has 1 N–H and O–H groups in total. The van der Waals surface area contributed by atoms with Gasteiger partial charge in [-0.2, -0.15) is 5.10 Å². The van der Waals surface area contributed by atoms with E-state index in [1.807, 2.05) is 6.92 Å². The fourth-order valence-electron chi connectivity index (χ4n) is 2.83. The van der Waals surface area contributed by atoms with Crippen molar-refractivity contribution in [2.45, 2.75) is 45.6 Å². The minimum atomic E-state index is -0.215. The lowest BCUT2D eigenvalue weighted by Crippen LogP contribution is -2.51. The summed E-state index contributed by atoms with van der Waals surface area (Å²) in [6.45, 7) is 6.04. The molecule has 0 saturated heterocycles. The van der Waals surface area contributed by atoms with Gasteiger partial charge in [-0.05, 0) is 51.2 Å². The molecule has 0 radical (unpaired) electrons. The molecule has 0 atom stereocenters. The summed E-state index contributed by atoms with van der Waals surface area (Å²) in [6, 6.07) is 1.74. The molecule has 6 heteroatoms. The Bertz CT molecular complexity index is 703. The highest BCUT2D eigenvalue weighted by Crippen LogP contribution is 2.35. The van der Waals surface area contributed by atoms with Gasteiger partial charge in [-0.3, -0.25) is 4.79 Å². The summed E-state index contributed by atoms with van der Waals surface area (Å²) in [6.07, 6.45) is 5.14. The highest BCUT2D eigenvalue weighted by atomic mass is 35.5. The summed E-state index contributed by atoms with van der Waals surface area (Å²) in [5.41, 5.74) is 1.76. The molecule has 1 saturated carbocycles.